The van der Waals surface area contributed by atoms with E-state index in [1.165, 1.54) is 0 Å². The van der Waals surface area contributed by atoms with Crippen LogP contribution in [0.25, 0.3) is 0 Å². The summed E-state index contributed by atoms with van der Waals surface area (Å²) in [4.78, 5) is 2.22. The second-order valence-corrected chi connectivity index (χ2v) is 4.50. The van der Waals surface area contributed by atoms with Crippen molar-refractivity contribution < 1.29 is 9.84 Å². The van der Waals surface area contributed by atoms with Crippen LogP contribution in [0, 0.1) is 0 Å². The molecule has 6 heteroatoms. The molecule has 1 aliphatic rings. The number of ether oxygens (including phenoxy) is 1. The van der Waals surface area contributed by atoms with E-state index >= 15 is 0 Å². The number of aryl methyl sites for hydroxylation is 1. The smallest absolute Gasteiger partial charge is 0.148 e. The molecule has 0 aliphatic carbocycles. The van der Waals surface area contributed by atoms with Crippen LogP contribution in [0.3, 0.4) is 0 Å². The number of nitrogens with zero attached hydrogens (tertiary/aromatic N) is 3. The Kier molecular flexibility index (Phi) is 4.98. The van der Waals surface area contributed by atoms with Crippen LogP contribution in [0.5, 0.6) is 0 Å². The Morgan fingerprint density at radius 3 is 2.94 bits per heavy atom. The summed E-state index contributed by atoms with van der Waals surface area (Å²) in [7, 11) is 0. The SMILES string of the molecule is CCn1ccc(NCC(O)CN2CCOCC2)n1. The number of rotatable bonds is 6. The molecule has 0 aromatic carbocycles. The molecule has 2 N–H and O–H groups in total. The van der Waals surface area contributed by atoms with Crippen molar-refractivity contribution >= 4 is 5.82 Å². The molecular formula is C12H22N4O2. The van der Waals surface area contributed by atoms with Crippen LogP contribution in [-0.2, 0) is 11.3 Å². The second kappa shape index (κ2) is 6.72. The van der Waals surface area contributed by atoms with E-state index in [1.807, 2.05) is 23.9 Å². The molecule has 18 heavy (non-hydrogen) atoms. The topological polar surface area (TPSA) is 62.5 Å². The number of hydrogen-bond acceptors (Lipinski definition) is 5. The van der Waals surface area contributed by atoms with E-state index in [-0.39, 0.29) is 6.10 Å². The Labute approximate surface area is 108 Å². The molecule has 0 spiro atoms. The van der Waals surface area contributed by atoms with Crippen molar-refractivity contribution in [2.45, 2.75) is 19.6 Å². The lowest BCUT2D eigenvalue weighted by atomic mass is 10.3. The minimum Gasteiger partial charge on any atom is -0.390 e. The van der Waals surface area contributed by atoms with Gasteiger partial charge in [0.1, 0.15) is 5.82 Å². The van der Waals surface area contributed by atoms with Gasteiger partial charge in [-0.05, 0) is 6.92 Å². The van der Waals surface area contributed by atoms with Gasteiger partial charge in [0.25, 0.3) is 0 Å². The molecule has 2 rings (SSSR count). The molecule has 102 valence electrons. The highest BCUT2D eigenvalue weighted by Crippen LogP contribution is 2.03. The lowest BCUT2D eigenvalue weighted by molar-refractivity contribution is 0.0171. The second-order valence-electron chi connectivity index (χ2n) is 4.50. The zero-order valence-electron chi connectivity index (χ0n) is 10.9. The standard InChI is InChI=1S/C12H22N4O2/c1-2-16-4-3-12(14-16)13-9-11(17)10-15-5-7-18-8-6-15/h3-4,11,17H,2,5-10H2,1H3,(H,13,14). The normalized spacial score (nSPS) is 18.8. The van der Waals surface area contributed by atoms with Crippen molar-refractivity contribution in [3.8, 4) is 0 Å². The lowest BCUT2D eigenvalue weighted by Gasteiger charge is -2.28. The van der Waals surface area contributed by atoms with E-state index in [0.717, 1.165) is 38.7 Å². The average Bonchev–Trinajstić information content (AvgIpc) is 2.85. The molecule has 1 atom stereocenters. The highest BCUT2D eigenvalue weighted by atomic mass is 16.5. The Balaban J connectivity index is 1.68. The summed E-state index contributed by atoms with van der Waals surface area (Å²) >= 11 is 0. The Morgan fingerprint density at radius 1 is 1.50 bits per heavy atom. The molecule has 1 aliphatic heterocycles. The monoisotopic (exact) mass is 254 g/mol. The van der Waals surface area contributed by atoms with Gasteiger partial charge in [-0.1, -0.05) is 0 Å². The third-order valence-electron chi connectivity index (χ3n) is 3.06. The van der Waals surface area contributed by atoms with Gasteiger partial charge < -0.3 is 15.2 Å². The summed E-state index contributed by atoms with van der Waals surface area (Å²) in [6.45, 7) is 7.45. The highest BCUT2D eigenvalue weighted by Gasteiger charge is 2.14. The van der Waals surface area contributed by atoms with Crippen molar-refractivity contribution in [3.05, 3.63) is 12.3 Å². The van der Waals surface area contributed by atoms with Crippen LogP contribution in [0.4, 0.5) is 5.82 Å². The Hall–Kier alpha value is -1.11. The third kappa shape index (κ3) is 3.97. The molecule has 1 aromatic rings. The summed E-state index contributed by atoms with van der Waals surface area (Å²) in [6, 6.07) is 1.92. The maximum Gasteiger partial charge on any atom is 0.148 e. The summed E-state index contributed by atoms with van der Waals surface area (Å²) < 4.78 is 7.13. The van der Waals surface area contributed by atoms with Crippen LogP contribution < -0.4 is 5.32 Å². The van der Waals surface area contributed by atoms with E-state index in [2.05, 4.69) is 15.3 Å². The first-order chi connectivity index (χ1) is 8.78. The molecule has 6 nitrogen and oxygen atoms in total. The van der Waals surface area contributed by atoms with Gasteiger partial charge in [-0.3, -0.25) is 9.58 Å². The van der Waals surface area contributed by atoms with E-state index in [1.54, 1.807) is 0 Å². The molecule has 2 heterocycles. The molecule has 1 aromatic heterocycles. The molecule has 1 unspecified atom stereocenters. The third-order valence-corrected chi connectivity index (χ3v) is 3.06. The Morgan fingerprint density at radius 2 is 2.28 bits per heavy atom. The van der Waals surface area contributed by atoms with Gasteiger partial charge in [-0.25, -0.2) is 0 Å². The number of aliphatic hydroxyl groups excluding tert-OH is 1. The van der Waals surface area contributed by atoms with Crippen molar-refractivity contribution in [1.82, 2.24) is 14.7 Å². The largest absolute Gasteiger partial charge is 0.390 e. The first kappa shape index (κ1) is 13.3. The molecule has 0 amide bonds. The fraction of sp³-hybridized carbons (Fsp3) is 0.750. The van der Waals surface area contributed by atoms with Gasteiger partial charge in [-0.2, -0.15) is 5.10 Å². The minimum absolute atomic E-state index is 0.380. The minimum atomic E-state index is -0.380. The van der Waals surface area contributed by atoms with E-state index in [0.29, 0.717) is 13.1 Å². The van der Waals surface area contributed by atoms with Gasteiger partial charge in [0.2, 0.25) is 0 Å². The van der Waals surface area contributed by atoms with Crippen LogP contribution >= 0.6 is 0 Å². The molecule has 1 fully saturated rings. The predicted octanol–water partition coefficient (Wildman–Crippen LogP) is 0.00800. The van der Waals surface area contributed by atoms with E-state index < -0.39 is 0 Å². The van der Waals surface area contributed by atoms with Crippen LogP contribution in [0.2, 0.25) is 0 Å². The predicted molar refractivity (Wildman–Crippen MR) is 69.7 cm³/mol. The number of hydrogen-bond donors (Lipinski definition) is 2. The number of morpholine rings is 1. The summed E-state index contributed by atoms with van der Waals surface area (Å²) in [5.41, 5.74) is 0. The van der Waals surface area contributed by atoms with Crippen LogP contribution in [0.15, 0.2) is 12.3 Å². The van der Waals surface area contributed by atoms with Crippen molar-refractivity contribution in [3.63, 3.8) is 0 Å². The van der Waals surface area contributed by atoms with E-state index in [4.69, 9.17) is 4.74 Å². The van der Waals surface area contributed by atoms with Crippen LogP contribution in [0.1, 0.15) is 6.92 Å². The molecule has 0 bridgehead atoms. The summed E-state index contributed by atoms with van der Waals surface area (Å²) in [5, 5.41) is 17.4. The summed E-state index contributed by atoms with van der Waals surface area (Å²) in [5.74, 6) is 0.817. The number of β-amino-alcohol motifs (C(OH)–C–C–N with tert-alkyl or cyclic N) is 1. The highest BCUT2D eigenvalue weighted by molar-refractivity contribution is 5.32. The quantitative estimate of drug-likeness (QED) is 0.748. The summed E-state index contributed by atoms with van der Waals surface area (Å²) in [6.07, 6.45) is 1.55. The number of nitrogens with one attached hydrogen (secondary N) is 1. The van der Waals surface area contributed by atoms with Gasteiger partial charge in [0, 0.05) is 45.0 Å². The van der Waals surface area contributed by atoms with Crippen molar-refractivity contribution in [2.24, 2.45) is 0 Å². The first-order valence-corrected chi connectivity index (χ1v) is 6.53. The van der Waals surface area contributed by atoms with Gasteiger partial charge >= 0.3 is 0 Å². The molecule has 0 radical (unpaired) electrons. The van der Waals surface area contributed by atoms with Crippen LogP contribution in [-0.4, -0.2) is 65.3 Å². The van der Waals surface area contributed by atoms with Gasteiger partial charge in [0.05, 0.1) is 19.3 Å². The lowest BCUT2D eigenvalue weighted by Crippen LogP contribution is -2.42. The van der Waals surface area contributed by atoms with Crippen molar-refractivity contribution in [1.29, 1.82) is 0 Å². The number of aliphatic hydroxyl groups is 1. The molecule has 0 saturated carbocycles. The number of anilines is 1. The zero-order chi connectivity index (χ0) is 12.8. The maximum atomic E-state index is 9.95. The fourth-order valence-corrected chi connectivity index (χ4v) is 2.00. The maximum absolute atomic E-state index is 9.95. The van der Waals surface area contributed by atoms with Gasteiger partial charge in [0.15, 0.2) is 0 Å². The molecular weight excluding hydrogens is 232 g/mol. The average molecular weight is 254 g/mol. The first-order valence-electron chi connectivity index (χ1n) is 6.53. The fourth-order valence-electron chi connectivity index (χ4n) is 2.00. The van der Waals surface area contributed by atoms with Crippen molar-refractivity contribution in [2.75, 3.05) is 44.7 Å². The zero-order valence-corrected chi connectivity index (χ0v) is 10.9. The Bertz CT molecular complexity index is 350. The van der Waals surface area contributed by atoms with E-state index in [9.17, 15) is 5.11 Å². The van der Waals surface area contributed by atoms with Gasteiger partial charge in [-0.15, -0.1) is 0 Å². The molecule has 1 saturated heterocycles. The number of aromatic nitrogens is 2.